The van der Waals surface area contributed by atoms with Gasteiger partial charge in [0.15, 0.2) is 6.10 Å². The first-order chi connectivity index (χ1) is 15.0. The maximum atomic E-state index is 13.0. The molecule has 0 saturated carbocycles. The van der Waals surface area contributed by atoms with Crippen molar-refractivity contribution in [3.8, 4) is 5.75 Å². The maximum Gasteiger partial charge on any atom is 0.344 e. The van der Waals surface area contributed by atoms with Gasteiger partial charge in [-0.15, -0.1) is 11.3 Å². The monoisotopic (exact) mass is 432 g/mol. The fourth-order valence-electron chi connectivity index (χ4n) is 3.17. The predicted octanol–water partition coefficient (Wildman–Crippen LogP) is 4.89. The molecule has 0 bridgehead atoms. The Bertz CT molecular complexity index is 1270. The van der Waals surface area contributed by atoms with E-state index in [0.29, 0.717) is 23.6 Å². The van der Waals surface area contributed by atoms with Crippen LogP contribution in [0.5, 0.6) is 5.75 Å². The van der Waals surface area contributed by atoms with E-state index < -0.39 is 12.1 Å². The van der Waals surface area contributed by atoms with E-state index >= 15 is 0 Å². The summed E-state index contributed by atoms with van der Waals surface area (Å²) in [4.78, 5) is 28.2. The fourth-order valence-corrected chi connectivity index (χ4v) is 3.83. The summed E-state index contributed by atoms with van der Waals surface area (Å²) in [5, 5.41) is 8.98. The zero-order valence-corrected chi connectivity index (χ0v) is 17.6. The minimum absolute atomic E-state index is 0.0497. The summed E-state index contributed by atoms with van der Waals surface area (Å²) >= 11 is 1.55. The van der Waals surface area contributed by atoms with E-state index in [1.807, 2.05) is 65.4 Å². The molecule has 0 aliphatic carbocycles. The van der Waals surface area contributed by atoms with Crippen LogP contribution in [-0.2, 0) is 11.3 Å². The number of carboxylic acid groups (broad SMARTS) is 1. The molecule has 2 aromatic heterocycles. The molecule has 2 heterocycles. The molecule has 0 spiro atoms. The Morgan fingerprint density at radius 3 is 2.90 bits per heavy atom. The number of rotatable bonds is 8. The van der Waals surface area contributed by atoms with Crippen molar-refractivity contribution >= 4 is 39.4 Å². The molecule has 0 fully saturated rings. The van der Waals surface area contributed by atoms with Gasteiger partial charge in [-0.2, -0.15) is 0 Å². The van der Waals surface area contributed by atoms with Crippen molar-refractivity contribution in [1.29, 1.82) is 0 Å². The van der Waals surface area contributed by atoms with Gasteiger partial charge in [-0.05, 0) is 55.0 Å². The van der Waals surface area contributed by atoms with Gasteiger partial charge < -0.3 is 14.4 Å². The summed E-state index contributed by atoms with van der Waals surface area (Å²) in [6, 6.07) is 16.5. The van der Waals surface area contributed by atoms with Gasteiger partial charge in [0.2, 0.25) is 5.78 Å². The number of nitrogens with zero attached hydrogens (tertiary/aromatic N) is 2. The van der Waals surface area contributed by atoms with Gasteiger partial charge in [0.1, 0.15) is 5.75 Å². The first-order valence-electron chi connectivity index (χ1n) is 9.70. The Kier molecular flexibility index (Phi) is 5.95. The van der Waals surface area contributed by atoms with Crippen LogP contribution >= 0.6 is 11.3 Å². The fraction of sp³-hybridized carbons (Fsp3) is 0.125. The Balaban J connectivity index is 1.47. The molecule has 0 saturated heterocycles. The Morgan fingerprint density at radius 2 is 2.06 bits per heavy atom. The van der Waals surface area contributed by atoms with Gasteiger partial charge in [-0.3, -0.25) is 4.79 Å². The largest absolute Gasteiger partial charge is 0.479 e. The summed E-state index contributed by atoms with van der Waals surface area (Å²) in [6.45, 7) is 2.01. The van der Waals surface area contributed by atoms with Crippen LogP contribution in [0.4, 0.5) is 0 Å². The van der Waals surface area contributed by atoms with Crippen molar-refractivity contribution < 1.29 is 19.4 Å². The van der Waals surface area contributed by atoms with Crippen LogP contribution in [0.1, 0.15) is 28.5 Å². The number of carbonyl (C=O) groups is 2. The Morgan fingerprint density at radius 1 is 1.19 bits per heavy atom. The highest BCUT2D eigenvalue weighted by Crippen LogP contribution is 2.21. The van der Waals surface area contributed by atoms with Crippen LogP contribution in [0.25, 0.3) is 16.3 Å². The van der Waals surface area contributed by atoms with Gasteiger partial charge in [-0.25, -0.2) is 9.78 Å². The third kappa shape index (κ3) is 4.73. The van der Waals surface area contributed by atoms with Gasteiger partial charge in [0, 0.05) is 18.3 Å². The second-order valence-electron chi connectivity index (χ2n) is 6.98. The number of carboxylic acids is 1. The summed E-state index contributed by atoms with van der Waals surface area (Å²) in [5.41, 5.74) is 4.69. The van der Waals surface area contributed by atoms with Crippen LogP contribution in [0.3, 0.4) is 0 Å². The predicted molar refractivity (Wildman–Crippen MR) is 121 cm³/mol. The second kappa shape index (κ2) is 8.97. The molecule has 4 rings (SSSR count). The van der Waals surface area contributed by atoms with Crippen molar-refractivity contribution in [3.63, 3.8) is 0 Å². The molecule has 0 aliphatic heterocycles. The number of thiazole rings is 1. The third-order valence-corrected chi connectivity index (χ3v) is 5.60. The van der Waals surface area contributed by atoms with E-state index in [1.54, 1.807) is 29.0 Å². The van der Waals surface area contributed by atoms with Crippen LogP contribution in [-0.4, -0.2) is 32.5 Å². The number of ether oxygens (including phenoxy) is 1. The Hall–Kier alpha value is -3.71. The average molecular weight is 433 g/mol. The first kappa shape index (κ1) is 20.6. The third-order valence-electron chi connectivity index (χ3n) is 4.79. The van der Waals surface area contributed by atoms with Crippen molar-refractivity contribution in [2.75, 3.05) is 0 Å². The number of hydrogen-bond donors (Lipinski definition) is 1. The van der Waals surface area contributed by atoms with Crippen LogP contribution < -0.4 is 4.74 Å². The van der Waals surface area contributed by atoms with Crippen molar-refractivity contribution in [3.05, 3.63) is 89.2 Å². The topological polar surface area (TPSA) is 81.4 Å². The number of benzene rings is 2. The smallest absolute Gasteiger partial charge is 0.344 e. The number of aromatic nitrogens is 2. The molecule has 1 N–H and O–H groups in total. The molecule has 156 valence electrons. The lowest BCUT2D eigenvalue weighted by molar-refractivity contribution is -0.144. The summed E-state index contributed by atoms with van der Waals surface area (Å²) < 4.78 is 8.35. The molecule has 6 nitrogen and oxygen atoms in total. The number of fused-ring (bicyclic) bond motifs is 1. The average Bonchev–Trinajstić information content (AvgIpc) is 3.42. The molecule has 7 heteroatoms. The van der Waals surface area contributed by atoms with Gasteiger partial charge in [0.25, 0.3) is 0 Å². The highest BCUT2D eigenvalue weighted by atomic mass is 32.1. The number of hydrogen-bond acceptors (Lipinski definition) is 5. The summed E-state index contributed by atoms with van der Waals surface area (Å²) in [6.07, 6.45) is 4.80. The number of aliphatic carboxylic acids is 1. The summed E-state index contributed by atoms with van der Waals surface area (Å²) in [5.74, 6) is -0.572. The molecule has 0 aliphatic rings. The standard InChI is InChI=1S/C24H20N2O4S/c1-16(24(28)29)30-19-7-2-5-17(13-19)6-3-11-26-12-4-8-21(26)23(27)18-9-10-22-20(14-18)25-15-31-22/h2-10,12-16H,11H2,1H3,(H,28,29)/b6-3+/t16-/m0/s1. The quantitative estimate of drug-likeness (QED) is 0.401. The van der Waals surface area contributed by atoms with E-state index in [1.165, 1.54) is 6.92 Å². The minimum Gasteiger partial charge on any atom is -0.479 e. The molecule has 2 aromatic carbocycles. The first-order valence-corrected chi connectivity index (χ1v) is 10.6. The lowest BCUT2D eigenvalue weighted by atomic mass is 10.1. The maximum absolute atomic E-state index is 13.0. The lowest BCUT2D eigenvalue weighted by Gasteiger charge is -2.10. The second-order valence-corrected chi connectivity index (χ2v) is 7.87. The minimum atomic E-state index is -1.01. The molecular formula is C24H20N2O4S. The van der Waals surface area contributed by atoms with Gasteiger partial charge in [-0.1, -0.05) is 24.3 Å². The van der Waals surface area contributed by atoms with Gasteiger partial charge >= 0.3 is 5.97 Å². The molecule has 1 atom stereocenters. The van der Waals surface area contributed by atoms with E-state index in [0.717, 1.165) is 15.8 Å². The number of carbonyl (C=O) groups excluding carboxylic acids is 1. The highest BCUT2D eigenvalue weighted by Gasteiger charge is 2.14. The molecule has 0 radical (unpaired) electrons. The zero-order chi connectivity index (χ0) is 21.8. The molecule has 31 heavy (non-hydrogen) atoms. The lowest BCUT2D eigenvalue weighted by Crippen LogP contribution is -2.22. The highest BCUT2D eigenvalue weighted by molar-refractivity contribution is 7.16. The van der Waals surface area contributed by atoms with Crippen LogP contribution in [0.2, 0.25) is 0 Å². The molecule has 0 amide bonds. The summed E-state index contributed by atoms with van der Waals surface area (Å²) in [7, 11) is 0. The van der Waals surface area contributed by atoms with Crippen molar-refractivity contribution in [2.45, 2.75) is 19.6 Å². The zero-order valence-electron chi connectivity index (χ0n) is 16.8. The van der Waals surface area contributed by atoms with E-state index in [2.05, 4.69) is 4.98 Å². The number of allylic oxidation sites excluding steroid dienone is 1. The normalized spacial score (nSPS) is 12.3. The molecule has 0 unspecified atom stereocenters. The molecular weight excluding hydrogens is 412 g/mol. The molecule has 4 aromatic rings. The van der Waals surface area contributed by atoms with Crippen LogP contribution in [0.15, 0.2) is 72.4 Å². The van der Waals surface area contributed by atoms with Gasteiger partial charge in [0.05, 0.1) is 21.4 Å². The van der Waals surface area contributed by atoms with Crippen molar-refractivity contribution in [1.82, 2.24) is 9.55 Å². The van der Waals surface area contributed by atoms with E-state index in [4.69, 9.17) is 9.84 Å². The van der Waals surface area contributed by atoms with E-state index in [-0.39, 0.29) is 5.78 Å². The van der Waals surface area contributed by atoms with Crippen molar-refractivity contribution in [2.24, 2.45) is 0 Å². The SMILES string of the molecule is C[C@H](Oc1cccc(/C=C/Cn2cccc2C(=O)c2ccc3scnc3c2)c1)C(=O)O. The van der Waals surface area contributed by atoms with Crippen LogP contribution in [0, 0.1) is 0 Å². The Labute approximate surface area is 183 Å². The van der Waals surface area contributed by atoms with E-state index in [9.17, 15) is 9.59 Å². The number of ketones is 1.